The first-order valence-electron chi connectivity index (χ1n) is 3.95. The van der Waals surface area contributed by atoms with Gasteiger partial charge in [-0.25, -0.2) is 4.79 Å². The molecule has 0 aromatic heterocycles. The Morgan fingerprint density at radius 1 is 1.58 bits per heavy atom. The van der Waals surface area contributed by atoms with Crippen molar-refractivity contribution in [3.63, 3.8) is 0 Å². The summed E-state index contributed by atoms with van der Waals surface area (Å²) in [4.78, 5) is 11.1. The van der Waals surface area contributed by atoms with E-state index in [0.717, 1.165) is 6.42 Å². The highest BCUT2D eigenvalue weighted by Gasteiger charge is 2.21. The number of carbonyl (C=O) groups is 1. The van der Waals surface area contributed by atoms with E-state index in [1.165, 1.54) is 0 Å². The third-order valence-electron chi connectivity index (χ3n) is 1.70. The van der Waals surface area contributed by atoms with E-state index in [9.17, 15) is 4.79 Å². The first kappa shape index (κ1) is 11.2. The predicted octanol–water partition coefficient (Wildman–Crippen LogP) is 1.27. The molecule has 0 fully saturated rings. The molecule has 0 saturated carbocycles. The summed E-state index contributed by atoms with van der Waals surface area (Å²) in [5.41, 5.74) is -0.383. The lowest BCUT2D eigenvalue weighted by Gasteiger charge is -2.23. The van der Waals surface area contributed by atoms with Crippen molar-refractivity contribution in [2.75, 3.05) is 6.61 Å². The maximum absolute atomic E-state index is 11.1. The number of aliphatic hydroxyl groups is 1. The minimum atomic E-state index is -0.524. The van der Waals surface area contributed by atoms with Gasteiger partial charge in [0.2, 0.25) is 0 Å². The minimum absolute atomic E-state index is 0.0940. The summed E-state index contributed by atoms with van der Waals surface area (Å²) in [5, 5.41) is 8.57. The summed E-state index contributed by atoms with van der Waals surface area (Å²) in [6.07, 6.45) is 0.734. The molecule has 0 aliphatic carbocycles. The molecule has 0 unspecified atom stereocenters. The largest absolute Gasteiger partial charge is 0.456 e. The molecule has 12 heavy (non-hydrogen) atoms. The summed E-state index contributed by atoms with van der Waals surface area (Å²) < 4.78 is 5.04. The summed E-state index contributed by atoms with van der Waals surface area (Å²) in [6, 6.07) is 0. The Labute approximate surface area is 73.0 Å². The van der Waals surface area contributed by atoms with Crippen molar-refractivity contribution >= 4 is 5.97 Å². The van der Waals surface area contributed by atoms with Gasteiger partial charge in [0, 0.05) is 0 Å². The van der Waals surface area contributed by atoms with Crippen LogP contribution in [0.3, 0.4) is 0 Å². The molecule has 0 aromatic carbocycles. The van der Waals surface area contributed by atoms with Crippen molar-refractivity contribution in [1.29, 1.82) is 0 Å². The summed E-state index contributed by atoms with van der Waals surface area (Å²) in [7, 11) is 0. The standard InChI is InChI=1S/C9H16O3/c1-5-9(3,4)12-8(11)7(2)6-10/h10H,2,5-6H2,1,3-4H3. The van der Waals surface area contributed by atoms with E-state index in [0.29, 0.717) is 0 Å². The van der Waals surface area contributed by atoms with Gasteiger partial charge in [0.25, 0.3) is 0 Å². The molecule has 0 aliphatic rings. The second kappa shape index (κ2) is 4.26. The first-order valence-corrected chi connectivity index (χ1v) is 3.95. The van der Waals surface area contributed by atoms with E-state index in [-0.39, 0.29) is 12.2 Å². The van der Waals surface area contributed by atoms with Crippen molar-refractivity contribution in [2.45, 2.75) is 32.8 Å². The highest BCUT2D eigenvalue weighted by molar-refractivity contribution is 5.88. The fourth-order valence-corrected chi connectivity index (χ4v) is 0.460. The first-order chi connectivity index (χ1) is 5.43. The number of hydrogen-bond acceptors (Lipinski definition) is 3. The Kier molecular flexibility index (Phi) is 3.96. The molecule has 0 bridgehead atoms. The lowest BCUT2D eigenvalue weighted by molar-refractivity contribution is -0.152. The lowest BCUT2D eigenvalue weighted by atomic mass is 10.1. The number of hydrogen-bond donors (Lipinski definition) is 1. The van der Waals surface area contributed by atoms with E-state index in [1.54, 1.807) is 0 Å². The van der Waals surface area contributed by atoms with Crippen LogP contribution in [-0.2, 0) is 9.53 Å². The SMILES string of the molecule is C=C(CO)C(=O)OC(C)(C)CC. The second-order valence-corrected chi connectivity index (χ2v) is 3.26. The topological polar surface area (TPSA) is 46.5 Å². The molecule has 0 heterocycles. The molecule has 70 valence electrons. The zero-order chi connectivity index (χ0) is 9.78. The third kappa shape index (κ3) is 3.53. The molecule has 0 spiro atoms. The molecular formula is C9H16O3. The van der Waals surface area contributed by atoms with Gasteiger partial charge in [-0.2, -0.15) is 0 Å². The molecule has 0 amide bonds. The van der Waals surface area contributed by atoms with E-state index < -0.39 is 11.6 Å². The molecule has 1 N–H and O–H groups in total. The molecule has 0 saturated heterocycles. The van der Waals surface area contributed by atoms with Gasteiger partial charge in [0.05, 0.1) is 12.2 Å². The summed E-state index contributed by atoms with van der Waals surface area (Å²) in [5.74, 6) is -0.524. The van der Waals surface area contributed by atoms with Gasteiger partial charge in [0.1, 0.15) is 5.60 Å². The number of esters is 1. The van der Waals surface area contributed by atoms with Crippen LogP contribution in [0.1, 0.15) is 27.2 Å². The molecule has 0 aromatic rings. The maximum Gasteiger partial charge on any atom is 0.336 e. The Morgan fingerprint density at radius 2 is 2.08 bits per heavy atom. The Bertz CT molecular complexity index is 182. The Morgan fingerprint density at radius 3 is 2.42 bits per heavy atom. The van der Waals surface area contributed by atoms with E-state index in [2.05, 4.69) is 6.58 Å². The van der Waals surface area contributed by atoms with Crippen LogP contribution in [0.4, 0.5) is 0 Å². The minimum Gasteiger partial charge on any atom is -0.456 e. The number of rotatable bonds is 4. The van der Waals surface area contributed by atoms with Gasteiger partial charge in [-0.1, -0.05) is 13.5 Å². The van der Waals surface area contributed by atoms with Crippen LogP contribution in [0.2, 0.25) is 0 Å². The average Bonchev–Trinajstić information content (AvgIpc) is 2.02. The maximum atomic E-state index is 11.1. The van der Waals surface area contributed by atoms with Crippen molar-refractivity contribution < 1.29 is 14.6 Å². The van der Waals surface area contributed by atoms with Crippen molar-refractivity contribution in [1.82, 2.24) is 0 Å². The highest BCUT2D eigenvalue weighted by Crippen LogP contribution is 2.15. The van der Waals surface area contributed by atoms with Crippen molar-refractivity contribution in [3.8, 4) is 0 Å². The molecule has 0 rings (SSSR count). The number of carbonyl (C=O) groups excluding carboxylic acids is 1. The van der Waals surface area contributed by atoms with Gasteiger partial charge < -0.3 is 9.84 Å². The van der Waals surface area contributed by atoms with Crippen molar-refractivity contribution in [3.05, 3.63) is 12.2 Å². The van der Waals surface area contributed by atoms with Crippen LogP contribution in [0.15, 0.2) is 12.2 Å². The zero-order valence-electron chi connectivity index (χ0n) is 7.89. The van der Waals surface area contributed by atoms with Gasteiger partial charge in [-0.3, -0.25) is 0 Å². The molecular weight excluding hydrogens is 156 g/mol. The van der Waals surface area contributed by atoms with Crippen LogP contribution in [-0.4, -0.2) is 23.3 Å². The van der Waals surface area contributed by atoms with Gasteiger partial charge in [-0.05, 0) is 20.3 Å². The fourth-order valence-electron chi connectivity index (χ4n) is 0.460. The average molecular weight is 172 g/mol. The highest BCUT2D eigenvalue weighted by atomic mass is 16.6. The number of ether oxygens (including phenoxy) is 1. The van der Waals surface area contributed by atoms with Gasteiger partial charge in [0.15, 0.2) is 0 Å². The van der Waals surface area contributed by atoms with Gasteiger partial charge >= 0.3 is 5.97 Å². The molecule has 3 heteroatoms. The predicted molar refractivity (Wildman–Crippen MR) is 46.7 cm³/mol. The normalized spacial score (nSPS) is 11.0. The van der Waals surface area contributed by atoms with Crippen LogP contribution >= 0.6 is 0 Å². The number of aliphatic hydroxyl groups excluding tert-OH is 1. The second-order valence-electron chi connectivity index (χ2n) is 3.26. The van der Waals surface area contributed by atoms with E-state index in [4.69, 9.17) is 9.84 Å². The Balaban J connectivity index is 4.09. The van der Waals surface area contributed by atoms with Crippen molar-refractivity contribution in [2.24, 2.45) is 0 Å². The monoisotopic (exact) mass is 172 g/mol. The van der Waals surface area contributed by atoms with Gasteiger partial charge in [-0.15, -0.1) is 0 Å². The fraction of sp³-hybridized carbons (Fsp3) is 0.667. The molecule has 3 nitrogen and oxygen atoms in total. The molecule has 0 aliphatic heterocycles. The van der Waals surface area contributed by atoms with E-state index in [1.807, 2.05) is 20.8 Å². The third-order valence-corrected chi connectivity index (χ3v) is 1.70. The van der Waals surface area contributed by atoms with Crippen LogP contribution in [0.5, 0.6) is 0 Å². The molecule has 0 radical (unpaired) electrons. The van der Waals surface area contributed by atoms with Crippen LogP contribution in [0, 0.1) is 0 Å². The quantitative estimate of drug-likeness (QED) is 0.513. The lowest BCUT2D eigenvalue weighted by Crippen LogP contribution is -2.28. The smallest absolute Gasteiger partial charge is 0.336 e. The van der Waals surface area contributed by atoms with E-state index >= 15 is 0 Å². The summed E-state index contributed by atoms with van der Waals surface area (Å²) >= 11 is 0. The molecule has 0 atom stereocenters. The summed E-state index contributed by atoms with van der Waals surface area (Å²) in [6.45, 7) is 8.57. The van der Waals surface area contributed by atoms with Crippen LogP contribution in [0.25, 0.3) is 0 Å². The Hall–Kier alpha value is -0.830. The van der Waals surface area contributed by atoms with Crippen LogP contribution < -0.4 is 0 Å². The zero-order valence-corrected chi connectivity index (χ0v) is 7.89.